The van der Waals surface area contributed by atoms with Crippen LogP contribution in [-0.2, 0) is 16.6 Å². The summed E-state index contributed by atoms with van der Waals surface area (Å²) < 4.78 is 31.1. The Morgan fingerprint density at radius 3 is 2.32 bits per heavy atom. The number of hydrogen-bond acceptors (Lipinski definition) is 3. The summed E-state index contributed by atoms with van der Waals surface area (Å²) in [4.78, 5) is 0.303. The molecule has 0 aliphatic heterocycles. The van der Waals surface area contributed by atoms with Gasteiger partial charge in [-0.3, -0.25) is 9.40 Å². The summed E-state index contributed by atoms with van der Waals surface area (Å²) in [5, 5.41) is 5.02. The van der Waals surface area contributed by atoms with Crippen molar-refractivity contribution >= 4 is 43.4 Å². The molecular formula is C20H21BrClN3O2S. The molecule has 0 radical (unpaired) electrons. The van der Waals surface area contributed by atoms with Crippen LogP contribution in [0.1, 0.15) is 27.8 Å². The molecule has 0 spiro atoms. The molecule has 0 unspecified atom stereocenters. The predicted molar refractivity (Wildman–Crippen MR) is 117 cm³/mol. The molecule has 0 saturated heterocycles. The molecule has 0 atom stereocenters. The minimum atomic E-state index is -3.79. The second-order valence-corrected chi connectivity index (χ2v) is 9.69. The molecule has 8 heteroatoms. The lowest BCUT2D eigenvalue weighted by molar-refractivity contribution is 0.599. The number of halogens is 2. The molecule has 28 heavy (non-hydrogen) atoms. The quantitative estimate of drug-likeness (QED) is 0.531. The van der Waals surface area contributed by atoms with Crippen LogP contribution in [0.4, 0.5) is 5.82 Å². The Balaban J connectivity index is 1.94. The van der Waals surface area contributed by atoms with E-state index in [2.05, 4.69) is 25.8 Å². The fraction of sp³-hybridized carbons (Fsp3) is 0.250. The molecule has 0 aliphatic carbocycles. The molecule has 0 aliphatic rings. The highest BCUT2D eigenvalue weighted by atomic mass is 79.9. The van der Waals surface area contributed by atoms with E-state index in [-0.39, 0.29) is 5.82 Å². The Hall–Kier alpha value is -1.83. The van der Waals surface area contributed by atoms with Gasteiger partial charge >= 0.3 is 0 Å². The lowest BCUT2D eigenvalue weighted by atomic mass is 10.0. The molecule has 5 nitrogen and oxygen atoms in total. The van der Waals surface area contributed by atoms with Crippen molar-refractivity contribution in [1.29, 1.82) is 0 Å². The predicted octanol–water partition coefficient (Wildman–Crippen LogP) is 5.38. The number of nitrogens with one attached hydrogen (secondary N) is 1. The van der Waals surface area contributed by atoms with E-state index in [1.165, 1.54) is 0 Å². The molecule has 148 valence electrons. The topological polar surface area (TPSA) is 64.0 Å². The number of sulfonamides is 1. The third-order valence-electron chi connectivity index (χ3n) is 4.80. The van der Waals surface area contributed by atoms with Gasteiger partial charge in [-0.15, -0.1) is 0 Å². The van der Waals surface area contributed by atoms with E-state index in [0.717, 1.165) is 27.8 Å². The zero-order valence-corrected chi connectivity index (χ0v) is 19.2. The first-order chi connectivity index (χ1) is 13.1. The Bertz CT molecular complexity index is 1130. The highest BCUT2D eigenvalue weighted by molar-refractivity contribution is 9.10. The second-order valence-electron chi connectivity index (χ2n) is 6.81. The van der Waals surface area contributed by atoms with Gasteiger partial charge in [0.05, 0.1) is 15.9 Å². The molecular weight excluding hydrogens is 462 g/mol. The molecule has 1 N–H and O–H groups in total. The zero-order valence-electron chi connectivity index (χ0n) is 16.0. The van der Waals surface area contributed by atoms with E-state index >= 15 is 0 Å². The van der Waals surface area contributed by atoms with Gasteiger partial charge in [0.1, 0.15) is 0 Å². The first kappa shape index (κ1) is 20.9. The zero-order chi connectivity index (χ0) is 20.6. The normalized spacial score (nSPS) is 11.6. The molecule has 3 rings (SSSR count). The molecule has 2 aromatic carbocycles. The summed E-state index contributed by atoms with van der Waals surface area (Å²) in [5.74, 6) is 0.241. The van der Waals surface area contributed by atoms with Crippen LogP contribution in [0.25, 0.3) is 0 Å². The maximum Gasteiger partial charge on any atom is 0.263 e. The molecule has 1 heterocycles. The van der Waals surface area contributed by atoms with Crippen LogP contribution < -0.4 is 4.72 Å². The van der Waals surface area contributed by atoms with Gasteiger partial charge in [-0.25, -0.2) is 8.42 Å². The van der Waals surface area contributed by atoms with Crippen LogP contribution in [0.2, 0.25) is 5.02 Å². The summed E-state index contributed by atoms with van der Waals surface area (Å²) in [6.07, 6.45) is 1.72. The fourth-order valence-corrected chi connectivity index (χ4v) is 5.49. The minimum Gasteiger partial charge on any atom is -0.265 e. The number of aromatic nitrogens is 2. The lowest BCUT2D eigenvalue weighted by Crippen LogP contribution is -2.18. The highest BCUT2D eigenvalue weighted by Gasteiger charge is 2.24. The van der Waals surface area contributed by atoms with Crippen molar-refractivity contribution in [2.24, 2.45) is 0 Å². The first-order valence-electron chi connectivity index (χ1n) is 8.66. The van der Waals surface area contributed by atoms with Gasteiger partial charge in [0.2, 0.25) is 0 Å². The van der Waals surface area contributed by atoms with Crippen molar-refractivity contribution in [3.63, 3.8) is 0 Å². The minimum absolute atomic E-state index is 0.241. The molecule has 0 amide bonds. The highest BCUT2D eigenvalue weighted by Crippen LogP contribution is 2.30. The maximum absolute atomic E-state index is 13.1. The van der Waals surface area contributed by atoms with E-state index in [1.54, 1.807) is 10.9 Å². The van der Waals surface area contributed by atoms with Crippen molar-refractivity contribution in [3.8, 4) is 0 Å². The Morgan fingerprint density at radius 1 is 1.11 bits per heavy atom. The van der Waals surface area contributed by atoms with Crippen molar-refractivity contribution in [3.05, 3.63) is 73.8 Å². The van der Waals surface area contributed by atoms with Crippen molar-refractivity contribution < 1.29 is 8.42 Å². The van der Waals surface area contributed by atoms with Crippen LogP contribution in [0.3, 0.4) is 0 Å². The Kier molecular flexibility index (Phi) is 5.89. The number of rotatable bonds is 5. The molecule has 3 aromatic rings. The van der Waals surface area contributed by atoms with E-state index < -0.39 is 10.0 Å². The third-order valence-corrected chi connectivity index (χ3v) is 7.37. The van der Waals surface area contributed by atoms with Gasteiger partial charge in [-0.2, -0.15) is 5.10 Å². The van der Waals surface area contributed by atoms with E-state index in [1.807, 2.05) is 58.0 Å². The fourth-order valence-electron chi connectivity index (χ4n) is 3.11. The van der Waals surface area contributed by atoms with Crippen LogP contribution >= 0.6 is 27.5 Å². The van der Waals surface area contributed by atoms with E-state index in [0.29, 0.717) is 20.9 Å². The summed E-state index contributed by atoms with van der Waals surface area (Å²) in [6, 6.07) is 9.47. The smallest absolute Gasteiger partial charge is 0.263 e. The van der Waals surface area contributed by atoms with Crippen LogP contribution in [-0.4, -0.2) is 18.2 Å². The Labute approximate surface area is 178 Å². The largest absolute Gasteiger partial charge is 0.265 e. The number of aryl methyl sites for hydroxylation is 2. The lowest BCUT2D eigenvalue weighted by Gasteiger charge is -2.16. The molecule has 0 saturated carbocycles. The van der Waals surface area contributed by atoms with Crippen molar-refractivity contribution in [2.75, 3.05) is 4.72 Å². The first-order valence-corrected chi connectivity index (χ1v) is 11.3. The van der Waals surface area contributed by atoms with Gasteiger partial charge in [-0.05, 0) is 77.5 Å². The monoisotopic (exact) mass is 481 g/mol. The maximum atomic E-state index is 13.1. The molecule has 0 bridgehead atoms. The van der Waals surface area contributed by atoms with Crippen molar-refractivity contribution in [1.82, 2.24) is 9.78 Å². The SMILES string of the molecule is Cc1cc(C)c(C)c(S(=O)(=O)Nc2nn(Cc3ccccc3Cl)cc2Br)c1C. The summed E-state index contributed by atoms with van der Waals surface area (Å²) in [5.41, 5.74) is 4.25. The number of anilines is 1. The number of benzene rings is 2. The van der Waals surface area contributed by atoms with Gasteiger partial charge in [0.15, 0.2) is 5.82 Å². The average Bonchev–Trinajstić information content (AvgIpc) is 2.94. The molecule has 1 aromatic heterocycles. The summed E-state index contributed by atoms with van der Waals surface area (Å²) in [7, 11) is -3.79. The second kappa shape index (κ2) is 7.89. The van der Waals surface area contributed by atoms with Crippen LogP contribution in [0.15, 0.2) is 45.9 Å². The summed E-state index contributed by atoms with van der Waals surface area (Å²) >= 11 is 9.60. The van der Waals surface area contributed by atoms with Crippen LogP contribution in [0, 0.1) is 27.7 Å². The van der Waals surface area contributed by atoms with Gasteiger partial charge < -0.3 is 0 Å². The third kappa shape index (κ3) is 4.11. The van der Waals surface area contributed by atoms with E-state index in [9.17, 15) is 8.42 Å². The van der Waals surface area contributed by atoms with E-state index in [4.69, 9.17) is 11.6 Å². The van der Waals surface area contributed by atoms with Crippen molar-refractivity contribution in [2.45, 2.75) is 39.1 Å². The molecule has 0 fully saturated rings. The summed E-state index contributed by atoms with van der Waals surface area (Å²) in [6.45, 7) is 7.90. The number of nitrogens with zero attached hydrogens (tertiary/aromatic N) is 2. The average molecular weight is 483 g/mol. The number of hydrogen-bond donors (Lipinski definition) is 1. The standard InChI is InChI=1S/C20H21BrClN3O2S/c1-12-9-13(2)15(4)19(14(12)3)28(26,27)24-20-17(21)11-25(23-20)10-16-7-5-6-8-18(16)22/h5-9,11H,10H2,1-4H3,(H,23,24). The van der Waals surface area contributed by atoms with Gasteiger partial charge in [-0.1, -0.05) is 35.9 Å². The van der Waals surface area contributed by atoms with Crippen LogP contribution in [0.5, 0.6) is 0 Å². The van der Waals surface area contributed by atoms with Gasteiger partial charge in [0, 0.05) is 11.2 Å². The Morgan fingerprint density at radius 2 is 1.71 bits per heavy atom. The van der Waals surface area contributed by atoms with Gasteiger partial charge in [0.25, 0.3) is 10.0 Å².